The molecule has 1 aromatic rings. The van der Waals surface area contributed by atoms with Crippen molar-refractivity contribution in [1.82, 2.24) is 0 Å². The molecule has 0 aliphatic rings. The van der Waals surface area contributed by atoms with Gasteiger partial charge in [0.15, 0.2) is 0 Å². The van der Waals surface area contributed by atoms with Gasteiger partial charge in [-0.15, -0.1) is 0 Å². The topological polar surface area (TPSA) is 29.3 Å². The van der Waals surface area contributed by atoms with Crippen LogP contribution >= 0.6 is 0 Å². The fourth-order valence-corrected chi connectivity index (χ4v) is 1.46. The molecule has 0 aliphatic carbocycles. The molecule has 0 fully saturated rings. The number of rotatable bonds is 3. The molecule has 1 rings (SSSR count). The van der Waals surface area contributed by atoms with Crippen LogP contribution in [0.15, 0.2) is 18.2 Å². The first-order valence-corrected chi connectivity index (χ1v) is 4.62. The van der Waals surface area contributed by atoms with Crippen molar-refractivity contribution in [3.8, 4) is 0 Å². The van der Waals surface area contributed by atoms with Crippen LogP contribution in [0.25, 0.3) is 0 Å². The monoisotopic (exact) mass is 178 g/mol. The van der Waals surface area contributed by atoms with Crippen molar-refractivity contribution >= 4 is 5.69 Å². The predicted octanol–water partition coefficient (Wildman–Crippen LogP) is 1.56. The fraction of sp³-hybridized carbons (Fsp3) is 0.455. The molecule has 2 heteroatoms. The Bertz CT molecular complexity index is 279. The summed E-state index contributed by atoms with van der Waals surface area (Å²) in [6, 6.07) is 6.50. The second-order valence-corrected chi connectivity index (χ2v) is 3.57. The minimum Gasteiger partial charge on any atom is -0.377 e. The van der Waals surface area contributed by atoms with E-state index in [9.17, 15) is 0 Å². The molecular formula is C11H18N2. The van der Waals surface area contributed by atoms with E-state index in [1.165, 1.54) is 16.8 Å². The minimum atomic E-state index is 0.712. The maximum atomic E-state index is 5.55. The van der Waals surface area contributed by atoms with Crippen LogP contribution in [-0.2, 0) is 6.42 Å². The van der Waals surface area contributed by atoms with Crippen LogP contribution in [0.1, 0.15) is 11.1 Å². The largest absolute Gasteiger partial charge is 0.377 e. The van der Waals surface area contributed by atoms with E-state index < -0.39 is 0 Å². The quantitative estimate of drug-likeness (QED) is 0.761. The van der Waals surface area contributed by atoms with Crippen molar-refractivity contribution in [2.45, 2.75) is 13.3 Å². The van der Waals surface area contributed by atoms with Crippen LogP contribution in [0, 0.1) is 6.92 Å². The highest BCUT2D eigenvalue weighted by Gasteiger charge is 2.03. The maximum absolute atomic E-state index is 5.55. The number of aryl methyl sites for hydroxylation is 1. The molecule has 0 atom stereocenters. The van der Waals surface area contributed by atoms with Crippen LogP contribution < -0.4 is 10.6 Å². The van der Waals surface area contributed by atoms with E-state index in [4.69, 9.17) is 5.73 Å². The van der Waals surface area contributed by atoms with E-state index in [0.29, 0.717) is 6.54 Å². The summed E-state index contributed by atoms with van der Waals surface area (Å²) in [5.74, 6) is 0. The zero-order chi connectivity index (χ0) is 9.84. The number of benzene rings is 1. The van der Waals surface area contributed by atoms with Gasteiger partial charge in [0.25, 0.3) is 0 Å². The van der Waals surface area contributed by atoms with Crippen LogP contribution in [0.3, 0.4) is 0 Å². The molecule has 0 aliphatic heterocycles. The standard InChI is InChI=1S/C11H18N2/c1-9-4-5-10(6-7-12)11(8-9)13(2)3/h4-5,8H,6-7,12H2,1-3H3. The number of hydrogen-bond donors (Lipinski definition) is 1. The van der Waals surface area contributed by atoms with E-state index in [-0.39, 0.29) is 0 Å². The molecular weight excluding hydrogens is 160 g/mol. The summed E-state index contributed by atoms with van der Waals surface area (Å²) in [6.45, 7) is 2.82. The van der Waals surface area contributed by atoms with Gasteiger partial charge in [-0.05, 0) is 37.1 Å². The van der Waals surface area contributed by atoms with Gasteiger partial charge >= 0.3 is 0 Å². The third-order valence-corrected chi connectivity index (χ3v) is 2.14. The summed E-state index contributed by atoms with van der Waals surface area (Å²) < 4.78 is 0. The molecule has 1 aromatic carbocycles. The molecule has 2 nitrogen and oxygen atoms in total. The Balaban J connectivity index is 3.03. The van der Waals surface area contributed by atoms with Crippen molar-refractivity contribution in [3.05, 3.63) is 29.3 Å². The number of nitrogens with zero attached hydrogens (tertiary/aromatic N) is 1. The Hall–Kier alpha value is -1.02. The lowest BCUT2D eigenvalue weighted by atomic mass is 10.1. The molecule has 0 unspecified atom stereocenters. The highest BCUT2D eigenvalue weighted by Crippen LogP contribution is 2.20. The Morgan fingerprint density at radius 3 is 2.54 bits per heavy atom. The molecule has 2 N–H and O–H groups in total. The van der Waals surface area contributed by atoms with Gasteiger partial charge in [0, 0.05) is 19.8 Å². The molecule has 72 valence electrons. The van der Waals surface area contributed by atoms with E-state index in [1.807, 2.05) is 0 Å². The zero-order valence-corrected chi connectivity index (χ0v) is 8.67. The predicted molar refractivity (Wildman–Crippen MR) is 58.3 cm³/mol. The summed E-state index contributed by atoms with van der Waals surface area (Å²) in [6.07, 6.45) is 0.952. The van der Waals surface area contributed by atoms with Crippen molar-refractivity contribution < 1.29 is 0 Å². The molecule has 0 amide bonds. The summed E-state index contributed by atoms with van der Waals surface area (Å²) in [5, 5.41) is 0. The third-order valence-electron chi connectivity index (χ3n) is 2.14. The van der Waals surface area contributed by atoms with E-state index in [0.717, 1.165) is 6.42 Å². The van der Waals surface area contributed by atoms with Gasteiger partial charge in [-0.1, -0.05) is 12.1 Å². The summed E-state index contributed by atoms with van der Waals surface area (Å²) in [4.78, 5) is 2.14. The number of nitrogens with two attached hydrogens (primary N) is 1. The number of anilines is 1. The summed E-state index contributed by atoms with van der Waals surface area (Å²) in [5.41, 5.74) is 9.46. The Labute approximate surface area is 80.4 Å². The van der Waals surface area contributed by atoms with E-state index in [1.54, 1.807) is 0 Å². The first-order valence-electron chi connectivity index (χ1n) is 4.62. The SMILES string of the molecule is Cc1ccc(CCN)c(N(C)C)c1. The zero-order valence-electron chi connectivity index (χ0n) is 8.67. The van der Waals surface area contributed by atoms with Gasteiger partial charge in [-0.3, -0.25) is 0 Å². The second-order valence-electron chi connectivity index (χ2n) is 3.57. The van der Waals surface area contributed by atoms with Crippen molar-refractivity contribution in [2.24, 2.45) is 5.73 Å². The lowest BCUT2D eigenvalue weighted by molar-refractivity contribution is 0.953. The maximum Gasteiger partial charge on any atom is 0.0396 e. The summed E-state index contributed by atoms with van der Waals surface area (Å²) in [7, 11) is 4.13. The molecule has 0 saturated carbocycles. The van der Waals surface area contributed by atoms with Crippen LogP contribution in [0.4, 0.5) is 5.69 Å². The van der Waals surface area contributed by atoms with E-state index >= 15 is 0 Å². The van der Waals surface area contributed by atoms with Crippen molar-refractivity contribution in [2.75, 3.05) is 25.5 Å². The van der Waals surface area contributed by atoms with Crippen molar-refractivity contribution in [1.29, 1.82) is 0 Å². The van der Waals surface area contributed by atoms with Gasteiger partial charge in [0.1, 0.15) is 0 Å². The Morgan fingerprint density at radius 1 is 1.31 bits per heavy atom. The lowest BCUT2D eigenvalue weighted by Gasteiger charge is -2.17. The first kappa shape index (κ1) is 10.1. The molecule has 0 radical (unpaired) electrons. The highest BCUT2D eigenvalue weighted by atomic mass is 15.1. The van der Waals surface area contributed by atoms with Gasteiger partial charge in [-0.2, -0.15) is 0 Å². The lowest BCUT2D eigenvalue weighted by Crippen LogP contribution is -2.13. The van der Waals surface area contributed by atoms with Crippen LogP contribution in [-0.4, -0.2) is 20.6 Å². The number of hydrogen-bond acceptors (Lipinski definition) is 2. The van der Waals surface area contributed by atoms with Gasteiger partial charge in [0.2, 0.25) is 0 Å². The average molecular weight is 178 g/mol. The van der Waals surface area contributed by atoms with Gasteiger partial charge < -0.3 is 10.6 Å². The normalized spacial score (nSPS) is 10.2. The van der Waals surface area contributed by atoms with Gasteiger partial charge in [0.05, 0.1) is 0 Å². The fourth-order valence-electron chi connectivity index (χ4n) is 1.46. The Kier molecular flexibility index (Phi) is 3.32. The average Bonchev–Trinajstić information content (AvgIpc) is 2.08. The first-order chi connectivity index (χ1) is 6.15. The van der Waals surface area contributed by atoms with Crippen molar-refractivity contribution in [3.63, 3.8) is 0 Å². The molecule has 0 spiro atoms. The Morgan fingerprint density at radius 2 is 2.00 bits per heavy atom. The molecule has 0 aromatic heterocycles. The minimum absolute atomic E-state index is 0.712. The molecule has 0 saturated heterocycles. The summed E-state index contributed by atoms with van der Waals surface area (Å²) >= 11 is 0. The second kappa shape index (κ2) is 4.28. The molecule has 0 bridgehead atoms. The van der Waals surface area contributed by atoms with Crippen LogP contribution in [0.5, 0.6) is 0 Å². The highest BCUT2D eigenvalue weighted by molar-refractivity contribution is 5.54. The third kappa shape index (κ3) is 2.46. The van der Waals surface area contributed by atoms with Gasteiger partial charge in [-0.25, -0.2) is 0 Å². The molecule has 0 heterocycles. The molecule has 13 heavy (non-hydrogen) atoms. The smallest absolute Gasteiger partial charge is 0.0396 e. The van der Waals surface area contributed by atoms with Crippen LogP contribution in [0.2, 0.25) is 0 Å². The van der Waals surface area contributed by atoms with E-state index in [2.05, 4.69) is 44.1 Å².